The number of ether oxygens (including phenoxy) is 1. The number of thiophene rings is 1. The average molecular weight is 385 g/mol. The van der Waals surface area contributed by atoms with Crippen LogP contribution in [0, 0.1) is 0 Å². The van der Waals surface area contributed by atoms with E-state index in [4.69, 9.17) is 21.5 Å². The number of aliphatic hydroxyl groups is 1. The van der Waals surface area contributed by atoms with Crippen LogP contribution in [0.25, 0.3) is 10.1 Å². The minimum absolute atomic E-state index is 0.0144. The minimum atomic E-state index is -3.91. The third-order valence-electron chi connectivity index (χ3n) is 3.29. The molecule has 3 rings (SSSR count). The fourth-order valence-corrected chi connectivity index (χ4v) is 4.71. The van der Waals surface area contributed by atoms with Crippen molar-refractivity contribution in [2.24, 2.45) is 5.14 Å². The van der Waals surface area contributed by atoms with Gasteiger partial charge in [-0.05, 0) is 36.2 Å². The summed E-state index contributed by atoms with van der Waals surface area (Å²) >= 11 is 6.87. The molecule has 0 bridgehead atoms. The van der Waals surface area contributed by atoms with E-state index >= 15 is 0 Å². The van der Waals surface area contributed by atoms with Crippen molar-refractivity contribution in [1.82, 2.24) is 4.98 Å². The van der Waals surface area contributed by atoms with Crippen LogP contribution in [0.5, 0.6) is 11.5 Å². The number of fused-ring (bicyclic) bond motifs is 1. The Hall–Kier alpha value is -1.71. The lowest BCUT2D eigenvalue weighted by molar-refractivity contribution is 0.299. The minimum Gasteiger partial charge on any atom is -0.455 e. The van der Waals surface area contributed by atoms with Gasteiger partial charge < -0.3 is 9.84 Å². The van der Waals surface area contributed by atoms with Crippen LogP contribution < -0.4 is 9.88 Å². The maximum absolute atomic E-state index is 11.8. The molecular weight excluding hydrogens is 372 g/mol. The van der Waals surface area contributed by atoms with E-state index < -0.39 is 10.0 Å². The van der Waals surface area contributed by atoms with Crippen molar-refractivity contribution < 1.29 is 18.3 Å². The van der Waals surface area contributed by atoms with Crippen molar-refractivity contribution in [2.45, 2.75) is 10.6 Å². The second-order valence-electron chi connectivity index (χ2n) is 4.95. The Bertz CT molecular complexity index is 985. The molecule has 0 amide bonds. The van der Waals surface area contributed by atoms with Crippen LogP contribution in [0.4, 0.5) is 0 Å². The third-order valence-corrected chi connectivity index (χ3v) is 6.21. The first-order valence-electron chi connectivity index (χ1n) is 6.86. The fourth-order valence-electron chi connectivity index (χ4n) is 2.34. The second-order valence-corrected chi connectivity index (χ2v) is 8.20. The molecule has 0 fully saturated rings. The second kappa shape index (κ2) is 6.66. The molecule has 3 N–H and O–H groups in total. The number of nitrogens with zero attached hydrogens (tertiary/aromatic N) is 1. The van der Waals surface area contributed by atoms with Crippen molar-refractivity contribution >= 4 is 43.0 Å². The Kier molecular flexibility index (Phi) is 4.75. The lowest BCUT2D eigenvalue weighted by Gasteiger charge is -2.08. The van der Waals surface area contributed by atoms with Gasteiger partial charge in [0.15, 0.2) is 5.75 Å². The molecule has 0 saturated carbocycles. The monoisotopic (exact) mass is 384 g/mol. The summed E-state index contributed by atoms with van der Waals surface area (Å²) in [5.41, 5.74) is 0.436. The Balaban J connectivity index is 2.18. The van der Waals surface area contributed by atoms with Crippen molar-refractivity contribution in [3.63, 3.8) is 0 Å². The molecule has 0 unspecified atom stereocenters. The fraction of sp³-hybridized carbons (Fsp3) is 0.133. The lowest BCUT2D eigenvalue weighted by atomic mass is 10.1. The molecule has 9 heteroatoms. The molecule has 2 aromatic heterocycles. The Labute approximate surface area is 147 Å². The summed E-state index contributed by atoms with van der Waals surface area (Å²) in [5, 5.41) is 15.8. The Morgan fingerprint density at radius 2 is 1.96 bits per heavy atom. The van der Waals surface area contributed by atoms with Crippen LogP contribution >= 0.6 is 22.9 Å². The van der Waals surface area contributed by atoms with Gasteiger partial charge in [0, 0.05) is 23.2 Å². The maximum atomic E-state index is 11.8. The smallest absolute Gasteiger partial charge is 0.247 e. The number of aromatic nitrogens is 1. The largest absolute Gasteiger partial charge is 0.455 e. The number of sulfonamides is 1. The zero-order valence-corrected chi connectivity index (χ0v) is 14.7. The average Bonchev–Trinajstić information content (AvgIpc) is 2.90. The number of aliphatic hydroxyl groups excluding tert-OH is 1. The highest BCUT2D eigenvalue weighted by molar-refractivity contribution is 7.91. The van der Waals surface area contributed by atoms with Gasteiger partial charge in [-0.2, -0.15) is 0 Å². The van der Waals surface area contributed by atoms with E-state index in [-0.39, 0.29) is 17.2 Å². The molecule has 0 saturated heterocycles. The first-order chi connectivity index (χ1) is 11.4. The van der Waals surface area contributed by atoms with Gasteiger partial charge in [-0.25, -0.2) is 13.6 Å². The van der Waals surface area contributed by atoms with Gasteiger partial charge in [0.1, 0.15) is 9.96 Å². The van der Waals surface area contributed by atoms with Crippen LogP contribution in [0.1, 0.15) is 5.56 Å². The molecule has 0 spiro atoms. The van der Waals surface area contributed by atoms with E-state index in [0.29, 0.717) is 32.2 Å². The highest BCUT2D eigenvalue weighted by atomic mass is 35.5. The number of rotatable bonds is 5. The number of nitrogens with two attached hydrogens (primary N) is 1. The van der Waals surface area contributed by atoms with Gasteiger partial charge in [-0.3, -0.25) is 4.98 Å². The predicted octanol–water partition coefficient (Wildman–Crippen LogP) is 2.92. The van der Waals surface area contributed by atoms with Crippen molar-refractivity contribution in [2.75, 3.05) is 6.61 Å². The normalized spacial score (nSPS) is 11.8. The van der Waals surface area contributed by atoms with Gasteiger partial charge in [-0.15, -0.1) is 11.3 Å². The molecule has 24 heavy (non-hydrogen) atoms. The van der Waals surface area contributed by atoms with E-state index in [9.17, 15) is 13.5 Å². The summed E-state index contributed by atoms with van der Waals surface area (Å²) in [6.45, 7) is -0.211. The summed E-state index contributed by atoms with van der Waals surface area (Å²) < 4.78 is 30.1. The number of halogens is 1. The molecule has 1 aromatic carbocycles. The van der Waals surface area contributed by atoms with E-state index in [1.165, 1.54) is 6.20 Å². The van der Waals surface area contributed by atoms with Crippen LogP contribution in [-0.4, -0.2) is 25.1 Å². The molecule has 0 aliphatic heterocycles. The molecule has 3 aromatic rings. The topological polar surface area (TPSA) is 103 Å². The maximum Gasteiger partial charge on any atom is 0.247 e. The van der Waals surface area contributed by atoms with Crippen LogP contribution in [-0.2, 0) is 16.4 Å². The standard InChI is InChI=1S/C15H13ClN2O4S2/c16-9-1-3-10(4-2-9)22-12-7-18-8-13-14(12)11(5-6-19)15(23-13)24(17,20)21/h1-4,7-8,19H,5-6H2,(H2,17,20,21). The number of benzene rings is 1. The zero-order valence-electron chi connectivity index (χ0n) is 12.3. The van der Waals surface area contributed by atoms with Gasteiger partial charge in [0.2, 0.25) is 10.0 Å². The van der Waals surface area contributed by atoms with Gasteiger partial charge in [0.25, 0.3) is 0 Å². The predicted molar refractivity (Wildman–Crippen MR) is 93.3 cm³/mol. The van der Waals surface area contributed by atoms with Gasteiger partial charge >= 0.3 is 0 Å². The zero-order chi connectivity index (χ0) is 17.3. The number of primary sulfonamides is 1. The molecule has 6 nitrogen and oxygen atoms in total. The van der Waals surface area contributed by atoms with Crippen LogP contribution in [0.2, 0.25) is 5.02 Å². The van der Waals surface area contributed by atoms with E-state index in [1.54, 1.807) is 30.5 Å². The summed E-state index contributed by atoms with van der Waals surface area (Å²) in [7, 11) is -3.91. The van der Waals surface area contributed by atoms with Crippen molar-refractivity contribution in [3.8, 4) is 11.5 Å². The highest BCUT2D eigenvalue weighted by Gasteiger charge is 2.23. The van der Waals surface area contributed by atoms with E-state index in [1.807, 2.05) is 0 Å². The van der Waals surface area contributed by atoms with E-state index in [2.05, 4.69) is 4.98 Å². The third kappa shape index (κ3) is 3.38. The molecule has 0 aliphatic rings. The van der Waals surface area contributed by atoms with Crippen molar-refractivity contribution in [1.29, 1.82) is 0 Å². The molecular formula is C15H13ClN2O4S2. The molecule has 0 atom stereocenters. The number of pyridine rings is 1. The van der Waals surface area contributed by atoms with Gasteiger partial charge in [-0.1, -0.05) is 11.6 Å². The summed E-state index contributed by atoms with van der Waals surface area (Å²) in [6, 6.07) is 6.75. The SMILES string of the molecule is NS(=O)(=O)c1sc2cncc(Oc3ccc(Cl)cc3)c2c1CCO. The lowest BCUT2D eigenvalue weighted by Crippen LogP contribution is -2.12. The molecule has 2 heterocycles. The highest BCUT2D eigenvalue weighted by Crippen LogP contribution is 2.40. The molecule has 126 valence electrons. The van der Waals surface area contributed by atoms with Crippen molar-refractivity contribution in [3.05, 3.63) is 47.2 Å². The van der Waals surface area contributed by atoms with Crippen LogP contribution in [0.3, 0.4) is 0 Å². The summed E-state index contributed by atoms with van der Waals surface area (Å²) in [5.74, 6) is 0.927. The van der Waals surface area contributed by atoms with Crippen LogP contribution in [0.15, 0.2) is 40.9 Å². The molecule has 0 aliphatic carbocycles. The first-order valence-corrected chi connectivity index (χ1v) is 9.60. The summed E-state index contributed by atoms with van der Waals surface area (Å²) in [4.78, 5) is 4.08. The number of hydrogen-bond acceptors (Lipinski definition) is 6. The number of hydrogen-bond donors (Lipinski definition) is 2. The quantitative estimate of drug-likeness (QED) is 0.704. The van der Waals surface area contributed by atoms with Gasteiger partial charge in [0.05, 0.1) is 10.9 Å². The Morgan fingerprint density at radius 1 is 1.25 bits per heavy atom. The Morgan fingerprint density at radius 3 is 2.58 bits per heavy atom. The first kappa shape index (κ1) is 17.1. The van der Waals surface area contributed by atoms with E-state index in [0.717, 1.165) is 11.3 Å². The summed E-state index contributed by atoms with van der Waals surface area (Å²) in [6.07, 6.45) is 3.19. The molecule has 0 radical (unpaired) electrons.